The van der Waals surface area contributed by atoms with Gasteiger partial charge in [0, 0.05) is 18.7 Å². The molecular formula is C24H30N2O4S. The van der Waals surface area contributed by atoms with Crippen LogP contribution in [0.5, 0.6) is 0 Å². The Kier molecular flexibility index (Phi) is 7.15. The highest BCUT2D eigenvalue weighted by molar-refractivity contribution is 7.08. The van der Waals surface area contributed by atoms with Gasteiger partial charge in [0.05, 0.1) is 6.61 Å². The van der Waals surface area contributed by atoms with Gasteiger partial charge >= 0.3 is 6.09 Å². The number of piperidine rings is 1. The van der Waals surface area contributed by atoms with Crippen LogP contribution in [-0.2, 0) is 15.0 Å². The number of hydrogen-bond donors (Lipinski definition) is 0. The van der Waals surface area contributed by atoms with Gasteiger partial charge in [0.2, 0.25) is 5.54 Å². The molecule has 1 aliphatic rings. The molecule has 1 atom stereocenters. The van der Waals surface area contributed by atoms with Crippen LogP contribution in [0.25, 0.3) is 0 Å². The number of likely N-dealkylation sites (tertiary alicyclic amines) is 1. The van der Waals surface area contributed by atoms with Crippen molar-refractivity contribution in [3.63, 3.8) is 0 Å². The molecule has 0 aliphatic carbocycles. The molecule has 0 bridgehead atoms. The molecule has 3 rings (SSSR count). The predicted molar refractivity (Wildman–Crippen MR) is 123 cm³/mol. The first-order chi connectivity index (χ1) is 14.8. The average molecular weight is 443 g/mol. The molecule has 6 nitrogen and oxygen atoms in total. The summed E-state index contributed by atoms with van der Waals surface area (Å²) in [6.07, 6.45) is 1.33. The third-order valence-corrected chi connectivity index (χ3v) is 6.11. The van der Waals surface area contributed by atoms with Gasteiger partial charge in [-0.05, 0) is 67.1 Å². The summed E-state index contributed by atoms with van der Waals surface area (Å²) in [7, 11) is 0. The molecular weight excluding hydrogens is 412 g/mol. The first kappa shape index (κ1) is 23.0. The number of hydrogen-bond acceptors (Lipinski definition) is 6. The molecule has 1 unspecified atom stereocenters. The molecule has 0 spiro atoms. The summed E-state index contributed by atoms with van der Waals surface area (Å²) < 4.78 is 11.5. The maximum atomic E-state index is 12.3. The van der Waals surface area contributed by atoms with Crippen molar-refractivity contribution in [2.24, 2.45) is 11.1 Å². The number of amides is 1. The summed E-state index contributed by atoms with van der Waals surface area (Å²) in [5, 5.41) is 7.35. The van der Waals surface area contributed by atoms with Crippen molar-refractivity contribution in [2.45, 2.75) is 44.8 Å². The van der Waals surface area contributed by atoms with Crippen LogP contribution in [0.2, 0.25) is 0 Å². The third kappa shape index (κ3) is 5.34. The van der Waals surface area contributed by atoms with E-state index in [4.69, 9.17) is 9.47 Å². The molecule has 0 saturated carbocycles. The number of nitrogens with zero attached hydrogens (tertiary/aromatic N) is 2. The molecule has 2 aromatic rings. The predicted octanol–water partition coefficient (Wildman–Crippen LogP) is 5.94. The largest absolute Gasteiger partial charge is 0.495 e. The Balaban J connectivity index is 1.64. The van der Waals surface area contributed by atoms with Crippen LogP contribution >= 0.6 is 11.3 Å². The lowest BCUT2D eigenvalue weighted by atomic mass is 9.83. The molecule has 0 N–H and O–H groups in total. The molecule has 2 heterocycles. The van der Waals surface area contributed by atoms with Crippen LogP contribution in [0.15, 0.2) is 64.7 Å². The Morgan fingerprint density at radius 2 is 1.84 bits per heavy atom. The van der Waals surface area contributed by atoms with E-state index < -0.39 is 11.1 Å². The molecule has 0 radical (unpaired) electrons. The van der Waals surface area contributed by atoms with Gasteiger partial charge < -0.3 is 14.4 Å². The molecule has 166 valence electrons. The number of ether oxygens (including phenoxy) is 2. The molecule has 1 aromatic carbocycles. The molecule has 1 fully saturated rings. The zero-order valence-corrected chi connectivity index (χ0v) is 19.2. The fraction of sp³-hybridized carbons (Fsp3) is 0.458. The summed E-state index contributed by atoms with van der Waals surface area (Å²) in [5.74, 6) is 0.583. The fourth-order valence-corrected chi connectivity index (χ4v) is 4.43. The lowest BCUT2D eigenvalue weighted by Gasteiger charge is -2.34. The zero-order chi connectivity index (χ0) is 22.5. The SMILES string of the molecule is C=C(OCC1CCN(C(=O)OC(C)(C)C)CC1)C(N=O)(c1ccccc1)c1ccsc1. The third-order valence-electron chi connectivity index (χ3n) is 5.43. The number of carbonyl (C=O) groups is 1. The summed E-state index contributed by atoms with van der Waals surface area (Å²) in [4.78, 5) is 26.2. The van der Waals surface area contributed by atoms with Crippen LogP contribution in [-0.4, -0.2) is 36.3 Å². The van der Waals surface area contributed by atoms with Crippen molar-refractivity contribution in [2.75, 3.05) is 19.7 Å². The summed E-state index contributed by atoms with van der Waals surface area (Å²) in [6.45, 7) is 11.4. The number of thiophene rings is 1. The monoisotopic (exact) mass is 442 g/mol. The fourth-order valence-electron chi connectivity index (χ4n) is 3.73. The Labute approximate surface area is 187 Å². The van der Waals surface area contributed by atoms with Gasteiger partial charge in [-0.3, -0.25) is 0 Å². The van der Waals surface area contributed by atoms with Gasteiger partial charge in [-0.1, -0.05) is 36.9 Å². The molecule has 7 heteroatoms. The Morgan fingerprint density at radius 1 is 1.16 bits per heavy atom. The van der Waals surface area contributed by atoms with Crippen LogP contribution in [0.4, 0.5) is 4.79 Å². The highest BCUT2D eigenvalue weighted by atomic mass is 32.1. The number of carbonyl (C=O) groups excluding carboxylic acids is 1. The van der Waals surface area contributed by atoms with Crippen molar-refractivity contribution < 1.29 is 14.3 Å². The summed E-state index contributed by atoms with van der Waals surface area (Å²) in [5.41, 5.74) is -0.297. The lowest BCUT2D eigenvalue weighted by Crippen LogP contribution is -2.42. The van der Waals surface area contributed by atoms with Crippen LogP contribution in [0.1, 0.15) is 44.7 Å². The first-order valence-electron chi connectivity index (χ1n) is 10.5. The first-order valence-corrected chi connectivity index (χ1v) is 11.4. The van der Waals surface area contributed by atoms with E-state index in [1.54, 1.807) is 4.90 Å². The minimum Gasteiger partial charge on any atom is -0.495 e. The number of rotatable bonds is 7. The standard InChI is InChI=1S/C24H30N2O4S/c1-18(24(25-28,21-12-15-31-17-21)20-8-6-5-7-9-20)29-16-19-10-13-26(14-11-19)22(27)30-23(2,3)4/h5-9,12,15,17,19H,1,10-11,13-14,16H2,2-4H3. The Hall–Kier alpha value is -2.67. The van der Waals surface area contributed by atoms with E-state index in [0.717, 1.165) is 24.0 Å². The number of nitroso groups, excluding NO2 is 1. The van der Waals surface area contributed by atoms with Crippen LogP contribution in [0.3, 0.4) is 0 Å². The Bertz CT molecular complexity index is 884. The van der Waals surface area contributed by atoms with E-state index in [-0.39, 0.29) is 12.0 Å². The molecule has 31 heavy (non-hydrogen) atoms. The van der Waals surface area contributed by atoms with E-state index in [0.29, 0.717) is 25.5 Å². The van der Waals surface area contributed by atoms with Crippen molar-refractivity contribution in [1.82, 2.24) is 4.90 Å². The zero-order valence-electron chi connectivity index (χ0n) is 18.4. The summed E-state index contributed by atoms with van der Waals surface area (Å²) >= 11 is 1.50. The lowest BCUT2D eigenvalue weighted by molar-refractivity contribution is 0.0141. The van der Waals surface area contributed by atoms with Crippen molar-refractivity contribution in [3.05, 3.63) is 75.5 Å². The molecule has 1 amide bonds. The highest BCUT2D eigenvalue weighted by Crippen LogP contribution is 2.41. The topological polar surface area (TPSA) is 68.2 Å². The van der Waals surface area contributed by atoms with E-state index in [1.165, 1.54) is 11.3 Å². The van der Waals surface area contributed by atoms with E-state index in [2.05, 4.69) is 11.8 Å². The van der Waals surface area contributed by atoms with E-state index >= 15 is 0 Å². The van der Waals surface area contributed by atoms with Gasteiger partial charge in [0.15, 0.2) is 0 Å². The van der Waals surface area contributed by atoms with E-state index in [1.807, 2.05) is 67.9 Å². The molecule has 1 aromatic heterocycles. The van der Waals surface area contributed by atoms with Gasteiger partial charge in [-0.25, -0.2) is 4.79 Å². The second kappa shape index (κ2) is 9.64. The molecule has 1 saturated heterocycles. The van der Waals surface area contributed by atoms with Crippen LogP contribution in [0, 0.1) is 10.8 Å². The van der Waals surface area contributed by atoms with Crippen LogP contribution < -0.4 is 0 Å². The van der Waals surface area contributed by atoms with Crippen molar-refractivity contribution in [1.29, 1.82) is 0 Å². The maximum absolute atomic E-state index is 12.3. The highest BCUT2D eigenvalue weighted by Gasteiger charge is 2.42. The normalized spacial score (nSPS) is 16.9. The van der Waals surface area contributed by atoms with Gasteiger partial charge in [-0.15, -0.1) is 4.91 Å². The second-order valence-electron chi connectivity index (χ2n) is 8.82. The van der Waals surface area contributed by atoms with Gasteiger partial charge in [-0.2, -0.15) is 11.3 Å². The number of benzene rings is 1. The Morgan fingerprint density at radius 3 is 2.39 bits per heavy atom. The minimum absolute atomic E-state index is 0.262. The smallest absolute Gasteiger partial charge is 0.410 e. The second-order valence-corrected chi connectivity index (χ2v) is 9.60. The van der Waals surface area contributed by atoms with E-state index in [9.17, 15) is 9.70 Å². The average Bonchev–Trinajstić information content (AvgIpc) is 3.28. The minimum atomic E-state index is -1.28. The van der Waals surface area contributed by atoms with Gasteiger partial charge in [0.1, 0.15) is 11.4 Å². The van der Waals surface area contributed by atoms with Gasteiger partial charge in [0.25, 0.3) is 0 Å². The maximum Gasteiger partial charge on any atom is 0.410 e. The summed E-state index contributed by atoms with van der Waals surface area (Å²) in [6, 6.07) is 11.3. The molecule has 1 aliphatic heterocycles. The van der Waals surface area contributed by atoms with Crippen molar-refractivity contribution >= 4 is 17.4 Å². The quantitative estimate of drug-likeness (QED) is 0.393. The van der Waals surface area contributed by atoms with Crippen molar-refractivity contribution in [3.8, 4) is 0 Å².